The summed E-state index contributed by atoms with van der Waals surface area (Å²) in [7, 11) is 0. The quantitative estimate of drug-likeness (QED) is 0.671. The van der Waals surface area contributed by atoms with Crippen molar-refractivity contribution < 1.29 is 14.6 Å². The molecule has 0 aromatic rings. The van der Waals surface area contributed by atoms with Crippen LogP contribution in [0.5, 0.6) is 0 Å². The Hall–Kier alpha value is -0.570. The topological polar surface area (TPSA) is 46.5 Å². The maximum absolute atomic E-state index is 11.5. The van der Waals surface area contributed by atoms with E-state index in [0.29, 0.717) is 6.42 Å². The number of esters is 1. The van der Waals surface area contributed by atoms with Gasteiger partial charge in [0.1, 0.15) is 6.10 Å². The van der Waals surface area contributed by atoms with Gasteiger partial charge in [-0.25, -0.2) is 0 Å². The molecule has 0 aromatic carbocycles. The van der Waals surface area contributed by atoms with Gasteiger partial charge in [-0.05, 0) is 26.2 Å². The summed E-state index contributed by atoms with van der Waals surface area (Å²) in [5.74, 6) is -0.700. The lowest BCUT2D eigenvalue weighted by molar-refractivity contribution is -0.157. The molecule has 0 aliphatic heterocycles. The number of aliphatic hydroxyl groups is 1. The Labute approximate surface area is 86.5 Å². The summed E-state index contributed by atoms with van der Waals surface area (Å²) in [4.78, 5) is 11.5. The molecule has 84 valence electrons. The molecule has 0 rings (SSSR count). The molecule has 0 aliphatic rings. The first kappa shape index (κ1) is 13.4. The maximum atomic E-state index is 11.5. The zero-order valence-electron chi connectivity index (χ0n) is 9.62. The van der Waals surface area contributed by atoms with E-state index in [4.69, 9.17) is 4.74 Å². The Morgan fingerprint density at radius 1 is 1.21 bits per heavy atom. The van der Waals surface area contributed by atoms with E-state index in [1.54, 1.807) is 6.92 Å². The molecular weight excluding hydrogens is 180 g/mol. The first-order valence-electron chi connectivity index (χ1n) is 5.45. The van der Waals surface area contributed by atoms with Crippen LogP contribution in [0.2, 0.25) is 0 Å². The van der Waals surface area contributed by atoms with E-state index < -0.39 is 12.0 Å². The Morgan fingerprint density at radius 2 is 1.71 bits per heavy atom. The van der Waals surface area contributed by atoms with Crippen molar-refractivity contribution >= 4 is 5.97 Å². The molecule has 0 radical (unpaired) electrons. The minimum atomic E-state index is -0.586. The highest BCUT2D eigenvalue weighted by molar-refractivity contribution is 5.72. The summed E-state index contributed by atoms with van der Waals surface area (Å²) in [6.07, 6.45) is 1.65. The predicted molar refractivity (Wildman–Crippen MR) is 55.9 cm³/mol. The van der Waals surface area contributed by atoms with Gasteiger partial charge in [0.15, 0.2) is 0 Å². The lowest BCUT2D eigenvalue weighted by Gasteiger charge is -2.20. The molecular formula is C11H22O3. The summed E-state index contributed by atoms with van der Waals surface area (Å²) >= 11 is 0. The number of hydrogen-bond donors (Lipinski definition) is 1. The van der Waals surface area contributed by atoms with Crippen LogP contribution in [-0.2, 0) is 9.53 Å². The molecule has 0 amide bonds. The summed E-state index contributed by atoms with van der Waals surface area (Å²) < 4.78 is 5.23. The summed E-state index contributed by atoms with van der Waals surface area (Å²) in [5.41, 5.74) is 0. The number of ether oxygens (including phenoxy) is 1. The second kappa shape index (κ2) is 6.82. The van der Waals surface area contributed by atoms with Gasteiger partial charge < -0.3 is 9.84 Å². The average Bonchev–Trinajstić information content (AvgIpc) is 2.23. The van der Waals surface area contributed by atoms with Crippen molar-refractivity contribution in [3.8, 4) is 0 Å². The van der Waals surface area contributed by atoms with Gasteiger partial charge in [0.25, 0.3) is 0 Å². The molecule has 0 unspecified atom stereocenters. The van der Waals surface area contributed by atoms with Crippen LogP contribution in [0.25, 0.3) is 0 Å². The second-order valence-corrected chi connectivity index (χ2v) is 3.64. The molecule has 1 N–H and O–H groups in total. The Kier molecular flexibility index (Phi) is 6.54. The predicted octanol–water partition coefficient (Wildman–Crippen LogP) is 2.13. The van der Waals surface area contributed by atoms with Gasteiger partial charge in [0.2, 0.25) is 0 Å². The van der Waals surface area contributed by atoms with E-state index >= 15 is 0 Å². The summed E-state index contributed by atoms with van der Waals surface area (Å²) in [6, 6.07) is 0. The monoisotopic (exact) mass is 202 g/mol. The van der Waals surface area contributed by atoms with Gasteiger partial charge in [-0.1, -0.05) is 20.8 Å². The fraction of sp³-hybridized carbons (Fsp3) is 0.909. The molecule has 0 bridgehead atoms. The van der Waals surface area contributed by atoms with E-state index in [9.17, 15) is 9.90 Å². The number of rotatable bonds is 6. The molecule has 0 saturated heterocycles. The highest BCUT2D eigenvalue weighted by atomic mass is 16.5. The Morgan fingerprint density at radius 3 is 2.07 bits per heavy atom. The van der Waals surface area contributed by atoms with Crippen LogP contribution in [0.3, 0.4) is 0 Å². The van der Waals surface area contributed by atoms with E-state index in [1.165, 1.54) is 0 Å². The van der Waals surface area contributed by atoms with E-state index in [-0.39, 0.29) is 12.1 Å². The summed E-state index contributed by atoms with van der Waals surface area (Å²) in [6.45, 7) is 7.54. The molecule has 3 heteroatoms. The number of aliphatic hydroxyl groups excluding tert-OH is 1. The highest BCUT2D eigenvalue weighted by Gasteiger charge is 2.23. The van der Waals surface area contributed by atoms with Crippen molar-refractivity contribution in [3.63, 3.8) is 0 Å². The van der Waals surface area contributed by atoms with Gasteiger partial charge in [-0.3, -0.25) is 4.79 Å². The normalized spacial score (nSPS) is 15.3. The Bertz CT molecular complexity index is 164. The second-order valence-electron chi connectivity index (χ2n) is 3.64. The average molecular weight is 202 g/mol. The van der Waals surface area contributed by atoms with Crippen LogP contribution in [0.1, 0.15) is 47.0 Å². The molecule has 0 heterocycles. The first-order valence-corrected chi connectivity index (χ1v) is 5.45. The van der Waals surface area contributed by atoms with Crippen molar-refractivity contribution in [2.45, 2.75) is 59.2 Å². The molecule has 14 heavy (non-hydrogen) atoms. The molecule has 0 aromatic heterocycles. The number of carbonyl (C=O) groups is 1. The van der Waals surface area contributed by atoms with Crippen LogP contribution in [-0.4, -0.2) is 23.3 Å². The van der Waals surface area contributed by atoms with Crippen molar-refractivity contribution in [2.24, 2.45) is 5.92 Å². The van der Waals surface area contributed by atoms with Crippen molar-refractivity contribution in [3.05, 3.63) is 0 Å². The lowest BCUT2D eigenvalue weighted by Crippen LogP contribution is -2.29. The SMILES string of the molecule is CCC(CC)OC(=O)[C@@H](C)[C@@H](O)CC. The molecule has 0 saturated carbocycles. The van der Waals surface area contributed by atoms with E-state index in [0.717, 1.165) is 12.8 Å². The van der Waals surface area contributed by atoms with Crippen LogP contribution in [0.15, 0.2) is 0 Å². The molecule has 0 aliphatic carbocycles. The van der Waals surface area contributed by atoms with Crippen LogP contribution in [0, 0.1) is 5.92 Å². The third-order valence-corrected chi connectivity index (χ3v) is 2.56. The van der Waals surface area contributed by atoms with Gasteiger partial charge in [0.05, 0.1) is 12.0 Å². The van der Waals surface area contributed by atoms with Crippen LogP contribution in [0.4, 0.5) is 0 Å². The van der Waals surface area contributed by atoms with E-state index in [2.05, 4.69) is 0 Å². The van der Waals surface area contributed by atoms with Crippen molar-refractivity contribution in [1.82, 2.24) is 0 Å². The number of carbonyl (C=O) groups excluding carboxylic acids is 1. The van der Waals surface area contributed by atoms with Gasteiger partial charge in [0, 0.05) is 0 Å². The molecule has 3 nitrogen and oxygen atoms in total. The largest absolute Gasteiger partial charge is 0.462 e. The minimum absolute atomic E-state index is 0.00555. The fourth-order valence-corrected chi connectivity index (χ4v) is 1.24. The third-order valence-electron chi connectivity index (χ3n) is 2.56. The maximum Gasteiger partial charge on any atom is 0.311 e. The smallest absolute Gasteiger partial charge is 0.311 e. The fourth-order valence-electron chi connectivity index (χ4n) is 1.24. The molecule has 0 spiro atoms. The van der Waals surface area contributed by atoms with Crippen LogP contribution >= 0.6 is 0 Å². The minimum Gasteiger partial charge on any atom is -0.462 e. The summed E-state index contributed by atoms with van der Waals surface area (Å²) in [5, 5.41) is 9.45. The zero-order valence-corrected chi connectivity index (χ0v) is 9.62. The van der Waals surface area contributed by atoms with Gasteiger partial charge >= 0.3 is 5.97 Å². The van der Waals surface area contributed by atoms with Crippen molar-refractivity contribution in [1.29, 1.82) is 0 Å². The number of hydrogen-bond acceptors (Lipinski definition) is 3. The third kappa shape index (κ3) is 4.09. The standard InChI is InChI=1S/C11H22O3/c1-5-9(6-2)14-11(13)8(4)10(12)7-3/h8-10,12H,5-7H2,1-4H3/t8-,10-/m0/s1. The van der Waals surface area contributed by atoms with Crippen LogP contribution < -0.4 is 0 Å². The highest BCUT2D eigenvalue weighted by Crippen LogP contribution is 2.12. The van der Waals surface area contributed by atoms with Gasteiger partial charge in [-0.2, -0.15) is 0 Å². The van der Waals surface area contributed by atoms with Crippen molar-refractivity contribution in [2.75, 3.05) is 0 Å². The Balaban J connectivity index is 4.06. The molecule has 2 atom stereocenters. The lowest BCUT2D eigenvalue weighted by atomic mass is 10.0. The van der Waals surface area contributed by atoms with E-state index in [1.807, 2.05) is 20.8 Å². The molecule has 0 fully saturated rings. The first-order chi connectivity index (χ1) is 6.56. The van der Waals surface area contributed by atoms with Gasteiger partial charge in [-0.15, -0.1) is 0 Å². The zero-order chi connectivity index (χ0) is 11.1.